The summed E-state index contributed by atoms with van der Waals surface area (Å²) in [5.74, 6) is -0.850. The first-order valence-corrected chi connectivity index (χ1v) is 10.9. The van der Waals surface area contributed by atoms with Crippen LogP contribution in [0.5, 0.6) is 5.75 Å². The number of hydrogen-bond donors (Lipinski definition) is 1. The van der Waals surface area contributed by atoms with Crippen molar-refractivity contribution in [1.82, 2.24) is 9.88 Å². The highest BCUT2D eigenvalue weighted by atomic mass is 16.5. The van der Waals surface area contributed by atoms with Crippen molar-refractivity contribution in [2.24, 2.45) is 0 Å². The Morgan fingerprint density at radius 1 is 1.09 bits per heavy atom. The van der Waals surface area contributed by atoms with Gasteiger partial charge in [-0.05, 0) is 61.7 Å². The van der Waals surface area contributed by atoms with Gasteiger partial charge in [0.2, 0.25) is 0 Å². The van der Waals surface area contributed by atoms with Gasteiger partial charge in [-0.3, -0.25) is 14.6 Å². The Kier molecular flexibility index (Phi) is 6.27. The summed E-state index contributed by atoms with van der Waals surface area (Å²) in [4.78, 5) is 31.9. The lowest BCUT2D eigenvalue weighted by Gasteiger charge is -2.25. The molecule has 0 saturated carbocycles. The fourth-order valence-corrected chi connectivity index (χ4v) is 4.13. The molecule has 1 aliphatic heterocycles. The second-order valence-electron chi connectivity index (χ2n) is 8.11. The first-order valence-electron chi connectivity index (χ1n) is 10.9. The van der Waals surface area contributed by atoms with Crippen LogP contribution in [0.4, 0.5) is 0 Å². The van der Waals surface area contributed by atoms with E-state index >= 15 is 0 Å². The Balaban J connectivity index is 1.85. The summed E-state index contributed by atoms with van der Waals surface area (Å²) in [7, 11) is 0. The summed E-state index contributed by atoms with van der Waals surface area (Å²) in [6.45, 7) is 6.44. The van der Waals surface area contributed by atoms with Crippen LogP contribution in [0.15, 0.2) is 72.6 Å². The van der Waals surface area contributed by atoms with Gasteiger partial charge in [0, 0.05) is 24.5 Å². The third-order valence-electron chi connectivity index (χ3n) is 5.77. The number of aliphatic hydroxyl groups is 1. The fourth-order valence-electron chi connectivity index (χ4n) is 4.13. The molecule has 1 N–H and O–H groups in total. The van der Waals surface area contributed by atoms with Crippen LogP contribution in [0.3, 0.4) is 0 Å². The second-order valence-corrected chi connectivity index (χ2v) is 8.11. The van der Waals surface area contributed by atoms with Crippen molar-refractivity contribution in [2.45, 2.75) is 33.4 Å². The molecule has 1 saturated heterocycles. The number of nitrogens with zero attached hydrogens (tertiary/aromatic N) is 2. The van der Waals surface area contributed by atoms with Crippen LogP contribution >= 0.6 is 0 Å². The predicted octanol–water partition coefficient (Wildman–Crippen LogP) is 4.72. The molecular formula is C27H26N2O4. The van der Waals surface area contributed by atoms with Crippen molar-refractivity contribution in [2.75, 3.05) is 6.61 Å². The van der Waals surface area contributed by atoms with Crippen LogP contribution in [0.25, 0.3) is 5.76 Å². The highest BCUT2D eigenvalue weighted by molar-refractivity contribution is 6.46. The van der Waals surface area contributed by atoms with Gasteiger partial charge in [0.25, 0.3) is 11.7 Å². The fraction of sp³-hybridized carbons (Fsp3) is 0.222. The topological polar surface area (TPSA) is 79.7 Å². The molecular weight excluding hydrogens is 416 g/mol. The zero-order chi connectivity index (χ0) is 23.5. The van der Waals surface area contributed by atoms with E-state index in [4.69, 9.17) is 4.74 Å². The zero-order valence-electron chi connectivity index (χ0n) is 18.9. The zero-order valence-corrected chi connectivity index (χ0v) is 18.9. The Morgan fingerprint density at radius 3 is 2.48 bits per heavy atom. The van der Waals surface area contributed by atoms with Gasteiger partial charge < -0.3 is 14.7 Å². The van der Waals surface area contributed by atoms with Gasteiger partial charge in [-0.25, -0.2) is 0 Å². The molecule has 4 rings (SSSR count). The smallest absolute Gasteiger partial charge is 0.295 e. The molecule has 0 aliphatic carbocycles. The van der Waals surface area contributed by atoms with E-state index in [-0.39, 0.29) is 17.9 Å². The number of pyridine rings is 1. The number of carbonyl (C=O) groups excluding carboxylic acids is 2. The SMILES string of the molecule is CCOc1ccc(C(O)=C2C(=O)C(=O)N(Cc3cccnc3)C2c2ccc(C)cc2)c(C)c1. The van der Waals surface area contributed by atoms with Crippen LogP contribution in [-0.2, 0) is 16.1 Å². The molecule has 1 amide bonds. The minimum Gasteiger partial charge on any atom is -0.507 e. The minimum absolute atomic E-state index is 0.0833. The highest BCUT2D eigenvalue weighted by Gasteiger charge is 2.46. The van der Waals surface area contributed by atoms with Gasteiger partial charge in [-0.15, -0.1) is 0 Å². The largest absolute Gasteiger partial charge is 0.507 e. The van der Waals surface area contributed by atoms with E-state index in [0.717, 1.165) is 22.3 Å². The maximum atomic E-state index is 13.2. The van der Waals surface area contributed by atoms with Crippen molar-refractivity contribution >= 4 is 17.4 Å². The average molecular weight is 443 g/mol. The molecule has 2 heterocycles. The Labute approximate surface area is 193 Å². The quantitative estimate of drug-likeness (QED) is 0.339. The van der Waals surface area contributed by atoms with Gasteiger partial charge >= 0.3 is 0 Å². The number of aromatic nitrogens is 1. The Morgan fingerprint density at radius 2 is 1.85 bits per heavy atom. The van der Waals surface area contributed by atoms with Gasteiger partial charge in [0.05, 0.1) is 18.2 Å². The molecule has 168 valence electrons. The third-order valence-corrected chi connectivity index (χ3v) is 5.77. The normalized spacial score (nSPS) is 17.4. The van der Waals surface area contributed by atoms with Crippen molar-refractivity contribution in [3.63, 3.8) is 0 Å². The molecule has 33 heavy (non-hydrogen) atoms. The number of ether oxygens (including phenoxy) is 1. The standard InChI is InChI=1S/C27H26N2O4/c1-4-33-21-11-12-22(18(3)14-21)25(30)23-24(20-9-7-17(2)8-10-20)29(27(32)26(23)31)16-19-6-5-13-28-15-19/h5-15,24,30H,4,16H2,1-3H3. The highest BCUT2D eigenvalue weighted by Crippen LogP contribution is 2.41. The van der Waals surface area contributed by atoms with E-state index in [1.807, 2.05) is 57.2 Å². The van der Waals surface area contributed by atoms with Crippen molar-refractivity contribution in [1.29, 1.82) is 0 Å². The predicted molar refractivity (Wildman–Crippen MR) is 126 cm³/mol. The van der Waals surface area contributed by atoms with E-state index in [0.29, 0.717) is 17.9 Å². The summed E-state index contributed by atoms with van der Waals surface area (Å²) in [6.07, 6.45) is 3.33. The molecule has 6 nitrogen and oxygen atoms in total. The molecule has 3 aromatic rings. The number of likely N-dealkylation sites (tertiary alicyclic amines) is 1. The molecule has 0 bridgehead atoms. The summed E-state index contributed by atoms with van der Waals surface area (Å²) in [5, 5.41) is 11.3. The number of aliphatic hydroxyl groups excluding tert-OH is 1. The Hall–Kier alpha value is -3.93. The minimum atomic E-state index is -0.711. The van der Waals surface area contributed by atoms with Crippen LogP contribution < -0.4 is 4.74 Å². The molecule has 1 unspecified atom stereocenters. The lowest BCUT2D eigenvalue weighted by Crippen LogP contribution is -2.29. The maximum Gasteiger partial charge on any atom is 0.295 e. The molecule has 1 fully saturated rings. The number of benzene rings is 2. The van der Waals surface area contributed by atoms with Gasteiger partial charge in [-0.2, -0.15) is 0 Å². The number of hydrogen-bond acceptors (Lipinski definition) is 5. The van der Waals surface area contributed by atoms with Gasteiger partial charge in [0.15, 0.2) is 0 Å². The van der Waals surface area contributed by atoms with E-state index in [2.05, 4.69) is 4.98 Å². The van der Waals surface area contributed by atoms with Crippen LogP contribution in [0.2, 0.25) is 0 Å². The van der Waals surface area contributed by atoms with E-state index in [9.17, 15) is 14.7 Å². The lowest BCUT2D eigenvalue weighted by atomic mass is 9.93. The monoisotopic (exact) mass is 442 g/mol. The summed E-state index contributed by atoms with van der Waals surface area (Å²) < 4.78 is 5.54. The molecule has 6 heteroatoms. The molecule has 2 aromatic carbocycles. The number of amides is 1. The molecule has 1 aromatic heterocycles. The molecule has 0 radical (unpaired) electrons. The second kappa shape index (κ2) is 9.28. The van der Waals surface area contributed by atoms with Gasteiger partial charge in [0.1, 0.15) is 11.5 Å². The van der Waals surface area contributed by atoms with Crippen LogP contribution in [0.1, 0.15) is 40.8 Å². The average Bonchev–Trinajstić information content (AvgIpc) is 3.05. The number of aryl methyl sites for hydroxylation is 2. The number of rotatable bonds is 6. The number of ketones is 1. The van der Waals surface area contributed by atoms with Crippen molar-refractivity contribution < 1.29 is 19.4 Å². The summed E-state index contributed by atoms with van der Waals surface area (Å²) in [6, 6.07) is 15.9. The van der Waals surface area contributed by atoms with E-state index in [1.165, 1.54) is 4.90 Å². The van der Waals surface area contributed by atoms with Gasteiger partial charge in [-0.1, -0.05) is 35.9 Å². The van der Waals surface area contributed by atoms with E-state index in [1.54, 1.807) is 30.6 Å². The molecule has 1 atom stereocenters. The first-order chi connectivity index (χ1) is 15.9. The third kappa shape index (κ3) is 4.37. The van der Waals surface area contributed by atoms with Crippen molar-refractivity contribution in [3.05, 3.63) is 100 Å². The maximum absolute atomic E-state index is 13.2. The van der Waals surface area contributed by atoms with E-state index < -0.39 is 17.7 Å². The Bertz CT molecular complexity index is 1220. The molecule has 0 spiro atoms. The molecule has 1 aliphatic rings. The van der Waals surface area contributed by atoms with Crippen LogP contribution in [0, 0.1) is 13.8 Å². The van der Waals surface area contributed by atoms with Crippen LogP contribution in [-0.4, -0.2) is 33.3 Å². The lowest BCUT2D eigenvalue weighted by molar-refractivity contribution is -0.140. The first kappa shape index (κ1) is 22.3. The summed E-state index contributed by atoms with van der Waals surface area (Å²) in [5.41, 5.74) is 3.95. The number of Topliss-reactive ketones (excluding diaryl/α,β-unsaturated/α-hetero) is 1. The van der Waals surface area contributed by atoms with Crippen molar-refractivity contribution in [3.8, 4) is 5.75 Å². The number of carbonyl (C=O) groups is 2. The summed E-state index contributed by atoms with van der Waals surface area (Å²) >= 11 is 0.